The van der Waals surface area contributed by atoms with Crippen molar-refractivity contribution in [3.63, 3.8) is 0 Å². The summed E-state index contributed by atoms with van der Waals surface area (Å²) >= 11 is 0. The zero-order chi connectivity index (χ0) is 13.1. The van der Waals surface area contributed by atoms with Gasteiger partial charge in [-0.1, -0.05) is 6.07 Å². The highest BCUT2D eigenvalue weighted by Crippen LogP contribution is 2.23. The minimum atomic E-state index is -1.18. The molecule has 6 heteroatoms. The number of rotatable bonds is 3. The van der Waals surface area contributed by atoms with Crippen LogP contribution >= 0.6 is 0 Å². The van der Waals surface area contributed by atoms with Gasteiger partial charge >= 0.3 is 5.97 Å². The summed E-state index contributed by atoms with van der Waals surface area (Å²) in [5.74, 6) is -1.66. The average molecular weight is 248 g/mol. The van der Waals surface area contributed by atoms with E-state index in [-0.39, 0.29) is 17.3 Å². The van der Waals surface area contributed by atoms with Crippen LogP contribution in [0.15, 0.2) is 30.3 Å². The van der Waals surface area contributed by atoms with E-state index in [9.17, 15) is 9.18 Å². The number of hydrogen-bond acceptors (Lipinski definition) is 4. The van der Waals surface area contributed by atoms with Crippen molar-refractivity contribution in [3.05, 3.63) is 47.4 Å². The molecule has 92 valence electrons. The lowest BCUT2D eigenvalue weighted by Crippen LogP contribution is -2.02. The summed E-state index contributed by atoms with van der Waals surface area (Å²) in [4.78, 5) is 10.6. The smallest absolute Gasteiger partial charge is 0.356 e. The van der Waals surface area contributed by atoms with Crippen LogP contribution in [0.1, 0.15) is 16.1 Å². The number of aromatic nitrogens is 2. The highest BCUT2D eigenvalue weighted by atomic mass is 19.1. The Labute approximate surface area is 102 Å². The van der Waals surface area contributed by atoms with Gasteiger partial charge < -0.3 is 9.84 Å². The van der Waals surface area contributed by atoms with E-state index in [2.05, 4.69) is 10.2 Å². The Bertz CT molecular complexity index is 584. The van der Waals surface area contributed by atoms with Crippen molar-refractivity contribution in [2.24, 2.45) is 0 Å². The predicted octanol–water partition coefficient (Wildman–Crippen LogP) is 2.41. The van der Waals surface area contributed by atoms with E-state index in [1.54, 1.807) is 13.0 Å². The van der Waals surface area contributed by atoms with E-state index in [0.29, 0.717) is 0 Å². The molecule has 0 aliphatic heterocycles. The molecule has 0 aliphatic carbocycles. The Kier molecular flexibility index (Phi) is 3.18. The van der Waals surface area contributed by atoms with Crippen molar-refractivity contribution in [3.8, 4) is 11.6 Å². The maximum absolute atomic E-state index is 13.4. The number of aryl methyl sites for hydroxylation is 1. The SMILES string of the molecule is Cc1ccc(F)c(Oc2ccc(C(=O)O)nn2)c1. The maximum Gasteiger partial charge on any atom is 0.356 e. The number of carboxylic acid groups (broad SMARTS) is 1. The molecule has 0 amide bonds. The Morgan fingerprint density at radius 3 is 2.67 bits per heavy atom. The second kappa shape index (κ2) is 4.79. The van der Waals surface area contributed by atoms with E-state index >= 15 is 0 Å². The second-order valence-electron chi connectivity index (χ2n) is 3.60. The van der Waals surface area contributed by atoms with Gasteiger partial charge in [0.2, 0.25) is 5.88 Å². The van der Waals surface area contributed by atoms with Gasteiger partial charge in [-0.2, -0.15) is 0 Å². The molecular formula is C12H9FN2O3. The van der Waals surface area contributed by atoms with Gasteiger partial charge in [0, 0.05) is 6.07 Å². The highest BCUT2D eigenvalue weighted by molar-refractivity contribution is 5.84. The van der Waals surface area contributed by atoms with Crippen LogP contribution in [-0.2, 0) is 0 Å². The van der Waals surface area contributed by atoms with Crippen molar-refractivity contribution >= 4 is 5.97 Å². The lowest BCUT2D eigenvalue weighted by Gasteiger charge is -2.05. The van der Waals surface area contributed by atoms with Gasteiger partial charge in [0.15, 0.2) is 17.3 Å². The standard InChI is InChI=1S/C12H9FN2O3/c1-7-2-3-8(13)10(6-7)18-11-5-4-9(12(16)17)14-15-11/h2-6H,1H3,(H,16,17). The average Bonchev–Trinajstić information content (AvgIpc) is 2.34. The van der Waals surface area contributed by atoms with E-state index in [4.69, 9.17) is 9.84 Å². The number of halogens is 1. The minimum absolute atomic E-state index is 0.0207. The molecule has 1 N–H and O–H groups in total. The largest absolute Gasteiger partial charge is 0.476 e. The summed E-state index contributed by atoms with van der Waals surface area (Å²) in [6, 6.07) is 6.96. The van der Waals surface area contributed by atoms with Crippen LogP contribution in [0.25, 0.3) is 0 Å². The molecule has 1 aromatic heterocycles. The van der Waals surface area contributed by atoms with Crippen LogP contribution in [0, 0.1) is 12.7 Å². The summed E-state index contributed by atoms with van der Waals surface area (Å²) in [6.07, 6.45) is 0. The van der Waals surface area contributed by atoms with E-state index in [1.165, 1.54) is 24.3 Å². The van der Waals surface area contributed by atoms with Gasteiger partial charge in [-0.05, 0) is 30.7 Å². The molecule has 0 saturated carbocycles. The summed E-state index contributed by atoms with van der Waals surface area (Å²) in [7, 11) is 0. The maximum atomic E-state index is 13.4. The molecule has 0 aliphatic rings. The quantitative estimate of drug-likeness (QED) is 0.902. The van der Waals surface area contributed by atoms with Crippen LogP contribution < -0.4 is 4.74 Å². The molecule has 0 fully saturated rings. The first-order valence-electron chi connectivity index (χ1n) is 5.07. The van der Waals surface area contributed by atoms with Crippen LogP contribution in [0.2, 0.25) is 0 Å². The molecule has 2 rings (SSSR count). The molecule has 0 unspecified atom stereocenters. The molecule has 18 heavy (non-hydrogen) atoms. The third-order valence-electron chi connectivity index (χ3n) is 2.16. The fraction of sp³-hybridized carbons (Fsp3) is 0.0833. The number of aromatic carboxylic acids is 1. The van der Waals surface area contributed by atoms with Gasteiger partial charge in [0.25, 0.3) is 0 Å². The number of carbonyl (C=O) groups is 1. The second-order valence-corrected chi connectivity index (χ2v) is 3.60. The minimum Gasteiger partial charge on any atom is -0.476 e. The molecule has 0 bridgehead atoms. The van der Waals surface area contributed by atoms with Gasteiger partial charge in [0.05, 0.1) is 0 Å². The van der Waals surface area contributed by atoms with E-state index < -0.39 is 11.8 Å². The van der Waals surface area contributed by atoms with Gasteiger partial charge in [-0.15, -0.1) is 10.2 Å². The molecular weight excluding hydrogens is 239 g/mol. The Morgan fingerprint density at radius 2 is 2.06 bits per heavy atom. The van der Waals surface area contributed by atoms with Crippen molar-refractivity contribution in [2.45, 2.75) is 6.92 Å². The van der Waals surface area contributed by atoms with Crippen LogP contribution in [0.3, 0.4) is 0 Å². The first kappa shape index (κ1) is 12.0. The molecule has 0 radical (unpaired) electrons. The summed E-state index contributed by atoms with van der Waals surface area (Å²) in [5.41, 5.74) is 0.633. The zero-order valence-electron chi connectivity index (χ0n) is 9.42. The Balaban J connectivity index is 2.23. The van der Waals surface area contributed by atoms with Crippen molar-refractivity contribution in [1.82, 2.24) is 10.2 Å². The summed E-state index contributed by atoms with van der Waals surface area (Å²) < 4.78 is 18.6. The summed E-state index contributed by atoms with van der Waals surface area (Å²) in [5, 5.41) is 15.6. The first-order chi connectivity index (χ1) is 8.56. The topological polar surface area (TPSA) is 72.3 Å². The van der Waals surface area contributed by atoms with E-state index in [0.717, 1.165) is 5.56 Å². The van der Waals surface area contributed by atoms with Crippen molar-refractivity contribution < 1.29 is 19.0 Å². The third-order valence-corrected chi connectivity index (χ3v) is 2.16. The van der Waals surface area contributed by atoms with Crippen molar-refractivity contribution in [2.75, 3.05) is 0 Å². The number of nitrogens with zero attached hydrogens (tertiary/aromatic N) is 2. The molecule has 1 aromatic carbocycles. The van der Waals surface area contributed by atoms with Crippen LogP contribution in [-0.4, -0.2) is 21.3 Å². The lowest BCUT2D eigenvalue weighted by molar-refractivity contribution is 0.0689. The number of benzene rings is 1. The molecule has 0 spiro atoms. The van der Waals surface area contributed by atoms with Gasteiger partial charge in [0.1, 0.15) is 0 Å². The van der Waals surface area contributed by atoms with E-state index in [1.807, 2.05) is 0 Å². The summed E-state index contributed by atoms with van der Waals surface area (Å²) in [6.45, 7) is 1.80. The Hall–Kier alpha value is -2.50. The van der Waals surface area contributed by atoms with Crippen LogP contribution in [0.5, 0.6) is 11.6 Å². The molecule has 2 aromatic rings. The Morgan fingerprint density at radius 1 is 1.28 bits per heavy atom. The van der Waals surface area contributed by atoms with Crippen LogP contribution in [0.4, 0.5) is 4.39 Å². The molecule has 0 atom stereocenters. The number of ether oxygens (including phenoxy) is 1. The number of carboxylic acids is 1. The molecule has 5 nitrogen and oxygen atoms in total. The first-order valence-corrected chi connectivity index (χ1v) is 5.07. The molecule has 0 saturated heterocycles. The predicted molar refractivity (Wildman–Crippen MR) is 60.2 cm³/mol. The normalized spacial score (nSPS) is 10.1. The van der Waals surface area contributed by atoms with Gasteiger partial charge in [-0.3, -0.25) is 0 Å². The van der Waals surface area contributed by atoms with Crippen molar-refractivity contribution in [1.29, 1.82) is 0 Å². The molecule has 1 heterocycles. The zero-order valence-corrected chi connectivity index (χ0v) is 9.42. The monoisotopic (exact) mass is 248 g/mol. The third kappa shape index (κ3) is 2.60. The highest BCUT2D eigenvalue weighted by Gasteiger charge is 2.08. The van der Waals surface area contributed by atoms with Gasteiger partial charge in [-0.25, -0.2) is 9.18 Å². The fourth-order valence-electron chi connectivity index (χ4n) is 1.29. The fourth-order valence-corrected chi connectivity index (χ4v) is 1.29. The lowest BCUT2D eigenvalue weighted by atomic mass is 10.2. The number of hydrogen-bond donors (Lipinski definition) is 1.